The lowest BCUT2D eigenvalue weighted by molar-refractivity contribution is 0.122. The number of ether oxygens (including phenoxy) is 2. The van der Waals surface area contributed by atoms with Crippen molar-refractivity contribution in [3.63, 3.8) is 0 Å². The second kappa shape index (κ2) is 9.88. The second-order valence-corrected chi connectivity index (χ2v) is 5.27. The predicted molar refractivity (Wildman–Crippen MR) is 87.2 cm³/mol. The molecule has 1 aliphatic rings. The maximum atomic E-state index is 5.67. The third-order valence-electron chi connectivity index (χ3n) is 2.81. The fraction of sp³-hybridized carbons (Fsp3) is 0.667. The molecule has 0 aliphatic carbocycles. The van der Waals surface area contributed by atoms with Crippen molar-refractivity contribution in [1.29, 1.82) is 0 Å². The van der Waals surface area contributed by atoms with Crippen molar-refractivity contribution in [2.24, 2.45) is 0 Å². The van der Waals surface area contributed by atoms with E-state index in [1.165, 1.54) is 5.56 Å². The smallest absolute Gasteiger partial charge is 0.215 e. The van der Waals surface area contributed by atoms with Gasteiger partial charge in [-0.05, 0) is 24.8 Å². The molecule has 1 aliphatic heterocycles. The summed E-state index contributed by atoms with van der Waals surface area (Å²) >= 11 is 1.78. The predicted octanol–water partition coefficient (Wildman–Crippen LogP) is 2.99. The molecule has 2 rings (SSSR count). The van der Waals surface area contributed by atoms with Crippen LogP contribution in [0.15, 0.2) is 12.1 Å². The fourth-order valence-corrected chi connectivity index (χ4v) is 2.13. The number of rotatable bonds is 5. The minimum absolute atomic E-state index is 0.709. The number of aryl methyl sites for hydroxylation is 1. The third kappa shape index (κ3) is 5.59. The van der Waals surface area contributed by atoms with Gasteiger partial charge in [-0.25, -0.2) is 0 Å². The molecule has 0 aromatic carbocycles. The maximum Gasteiger partial charge on any atom is 0.215 e. The molecule has 0 amide bonds. The monoisotopic (exact) mass is 298 g/mol. The molecule has 1 aromatic rings. The van der Waals surface area contributed by atoms with Crippen LogP contribution in [0.25, 0.3) is 0 Å². The van der Waals surface area contributed by atoms with Gasteiger partial charge in [-0.3, -0.25) is 0 Å². The number of anilines is 1. The Hall–Kier alpha value is -0.940. The van der Waals surface area contributed by atoms with Crippen LogP contribution in [-0.4, -0.2) is 49.9 Å². The Kier molecular flexibility index (Phi) is 8.46. The lowest BCUT2D eigenvalue weighted by atomic mass is 10.2. The molecular weight excluding hydrogens is 272 g/mol. The summed E-state index contributed by atoms with van der Waals surface area (Å²) in [5.74, 6) is 2.71. The van der Waals surface area contributed by atoms with Crippen LogP contribution in [0.3, 0.4) is 0 Å². The first-order chi connectivity index (χ1) is 9.79. The number of hydrogen-bond donors (Lipinski definition) is 0. The second-order valence-electron chi connectivity index (χ2n) is 4.28. The molecule has 1 aromatic heterocycles. The zero-order valence-electron chi connectivity index (χ0n) is 13.0. The molecular formula is C15H26N2O2S. The number of thioether (sulfide) groups is 1. The van der Waals surface area contributed by atoms with Crippen LogP contribution in [0.4, 0.5) is 5.82 Å². The van der Waals surface area contributed by atoms with Gasteiger partial charge < -0.3 is 14.4 Å². The number of hydrogen-bond acceptors (Lipinski definition) is 5. The van der Waals surface area contributed by atoms with E-state index in [-0.39, 0.29) is 0 Å². The summed E-state index contributed by atoms with van der Waals surface area (Å²) in [6.45, 7) is 10.1. The summed E-state index contributed by atoms with van der Waals surface area (Å²) in [5.41, 5.74) is 1.19. The van der Waals surface area contributed by atoms with Crippen molar-refractivity contribution in [3.8, 4) is 5.88 Å². The van der Waals surface area contributed by atoms with Gasteiger partial charge in [0.25, 0.3) is 0 Å². The molecule has 0 saturated carbocycles. The molecule has 0 radical (unpaired) electrons. The Labute approximate surface area is 126 Å². The molecule has 1 fully saturated rings. The van der Waals surface area contributed by atoms with Crippen molar-refractivity contribution in [3.05, 3.63) is 17.7 Å². The summed E-state index contributed by atoms with van der Waals surface area (Å²) in [5, 5.41) is 0. The van der Waals surface area contributed by atoms with E-state index in [0.717, 1.165) is 43.8 Å². The van der Waals surface area contributed by atoms with Gasteiger partial charge in [-0.1, -0.05) is 13.8 Å². The summed E-state index contributed by atoms with van der Waals surface area (Å²) in [6.07, 6.45) is 2.08. The van der Waals surface area contributed by atoms with Gasteiger partial charge in [0, 0.05) is 24.9 Å². The van der Waals surface area contributed by atoms with Crippen molar-refractivity contribution in [2.75, 3.05) is 49.8 Å². The fourth-order valence-electron chi connectivity index (χ4n) is 1.88. The maximum absolute atomic E-state index is 5.67. The van der Waals surface area contributed by atoms with Gasteiger partial charge in [0.15, 0.2) is 0 Å². The Morgan fingerprint density at radius 2 is 2.00 bits per heavy atom. The zero-order chi connectivity index (χ0) is 14.8. The molecule has 114 valence electrons. The van der Waals surface area contributed by atoms with Crippen molar-refractivity contribution < 1.29 is 9.47 Å². The average Bonchev–Trinajstić information content (AvgIpc) is 2.50. The van der Waals surface area contributed by atoms with Crippen molar-refractivity contribution in [2.45, 2.75) is 20.8 Å². The highest BCUT2D eigenvalue weighted by molar-refractivity contribution is 7.98. The standard InChI is InChI=1S/C13H20N2O2S.C2H6/c1-11-9-12(15-3-5-16-6-4-15)14-13(10-11)17-7-8-18-2;1-2/h9-10H,3-8H2,1-2H3;1-2H3. The Bertz CT molecular complexity index is 382. The minimum Gasteiger partial charge on any atom is -0.477 e. The molecule has 20 heavy (non-hydrogen) atoms. The van der Waals surface area contributed by atoms with Gasteiger partial charge in [-0.15, -0.1) is 0 Å². The van der Waals surface area contributed by atoms with Crippen LogP contribution in [0.1, 0.15) is 19.4 Å². The first-order valence-electron chi connectivity index (χ1n) is 7.23. The lowest BCUT2D eigenvalue weighted by Crippen LogP contribution is -2.36. The van der Waals surface area contributed by atoms with E-state index < -0.39 is 0 Å². The van der Waals surface area contributed by atoms with E-state index in [1.807, 2.05) is 19.9 Å². The molecule has 2 heterocycles. The van der Waals surface area contributed by atoms with Crippen LogP contribution >= 0.6 is 11.8 Å². The van der Waals surface area contributed by atoms with E-state index in [9.17, 15) is 0 Å². The molecule has 5 heteroatoms. The lowest BCUT2D eigenvalue weighted by Gasteiger charge is -2.28. The SMILES string of the molecule is CC.CSCCOc1cc(C)cc(N2CCOCC2)n1. The summed E-state index contributed by atoms with van der Waals surface area (Å²) < 4.78 is 11.0. The van der Waals surface area contributed by atoms with E-state index >= 15 is 0 Å². The molecule has 4 nitrogen and oxygen atoms in total. The molecule has 0 atom stereocenters. The van der Waals surface area contributed by atoms with Gasteiger partial charge in [0.1, 0.15) is 5.82 Å². The highest BCUT2D eigenvalue weighted by atomic mass is 32.2. The highest BCUT2D eigenvalue weighted by Crippen LogP contribution is 2.20. The Morgan fingerprint density at radius 1 is 1.30 bits per heavy atom. The van der Waals surface area contributed by atoms with Gasteiger partial charge in [-0.2, -0.15) is 16.7 Å². The van der Waals surface area contributed by atoms with Crippen LogP contribution < -0.4 is 9.64 Å². The molecule has 0 N–H and O–H groups in total. The quantitative estimate of drug-likeness (QED) is 0.781. The topological polar surface area (TPSA) is 34.6 Å². The van der Waals surface area contributed by atoms with Crippen LogP contribution in [0.5, 0.6) is 5.88 Å². The number of aromatic nitrogens is 1. The van der Waals surface area contributed by atoms with E-state index in [1.54, 1.807) is 11.8 Å². The molecule has 0 unspecified atom stereocenters. The van der Waals surface area contributed by atoms with E-state index in [0.29, 0.717) is 6.61 Å². The van der Waals surface area contributed by atoms with E-state index in [2.05, 4.69) is 29.1 Å². The molecule has 0 spiro atoms. The largest absolute Gasteiger partial charge is 0.477 e. The van der Waals surface area contributed by atoms with Gasteiger partial charge in [0.05, 0.1) is 19.8 Å². The van der Waals surface area contributed by atoms with Crippen molar-refractivity contribution >= 4 is 17.6 Å². The summed E-state index contributed by atoms with van der Waals surface area (Å²) in [4.78, 5) is 6.82. The highest BCUT2D eigenvalue weighted by Gasteiger charge is 2.13. The minimum atomic E-state index is 0.709. The zero-order valence-corrected chi connectivity index (χ0v) is 13.8. The number of morpholine rings is 1. The van der Waals surface area contributed by atoms with Crippen molar-refractivity contribution in [1.82, 2.24) is 4.98 Å². The number of pyridine rings is 1. The number of nitrogens with zero attached hydrogens (tertiary/aromatic N) is 2. The van der Waals surface area contributed by atoms with Gasteiger partial charge in [0.2, 0.25) is 5.88 Å². The van der Waals surface area contributed by atoms with Crippen LogP contribution in [-0.2, 0) is 4.74 Å². The summed E-state index contributed by atoms with van der Waals surface area (Å²) in [6, 6.07) is 4.09. The third-order valence-corrected chi connectivity index (χ3v) is 3.38. The molecule has 1 saturated heterocycles. The van der Waals surface area contributed by atoms with E-state index in [4.69, 9.17) is 9.47 Å². The first-order valence-corrected chi connectivity index (χ1v) is 8.62. The normalized spacial score (nSPS) is 14.5. The average molecular weight is 298 g/mol. The molecule has 0 bridgehead atoms. The Morgan fingerprint density at radius 3 is 2.65 bits per heavy atom. The van der Waals surface area contributed by atoms with Crippen LogP contribution in [0, 0.1) is 6.92 Å². The summed E-state index contributed by atoms with van der Waals surface area (Å²) in [7, 11) is 0. The Balaban J connectivity index is 0.000000956. The first kappa shape index (κ1) is 17.1. The van der Waals surface area contributed by atoms with Gasteiger partial charge >= 0.3 is 0 Å². The van der Waals surface area contributed by atoms with Crippen LogP contribution in [0.2, 0.25) is 0 Å².